The third kappa shape index (κ3) is 2.74. The highest BCUT2D eigenvalue weighted by Crippen LogP contribution is 2.42. The fraction of sp³-hybridized carbons (Fsp3) is 0.400. The fourth-order valence-corrected chi connectivity index (χ4v) is 2.37. The van der Waals surface area contributed by atoms with Crippen molar-refractivity contribution in [2.24, 2.45) is 0 Å². The van der Waals surface area contributed by atoms with Crippen LogP contribution >= 0.6 is 0 Å². The normalized spacial score (nSPS) is 14.1. The number of aromatic nitrogens is 3. The number of hydrogen-bond acceptors (Lipinski definition) is 4. The van der Waals surface area contributed by atoms with Gasteiger partial charge in [-0.1, -0.05) is 6.07 Å². The Kier molecular flexibility index (Phi) is 3.60. The Hall–Kier alpha value is -2.37. The Bertz CT molecular complexity index is 633. The lowest BCUT2D eigenvalue weighted by atomic mass is 10.2. The Morgan fingerprint density at radius 1 is 1.48 bits per heavy atom. The maximum Gasteiger partial charge on any atom is 0.276 e. The zero-order valence-electron chi connectivity index (χ0n) is 12.0. The monoisotopic (exact) mass is 285 g/mol. The minimum atomic E-state index is -0.149. The lowest BCUT2D eigenvalue weighted by Gasteiger charge is -2.19. The summed E-state index contributed by atoms with van der Waals surface area (Å²) in [5.41, 5.74) is 8.67. The van der Waals surface area contributed by atoms with Crippen LogP contribution in [0.4, 0.5) is 5.69 Å². The highest BCUT2D eigenvalue weighted by molar-refractivity contribution is 5.97. The molecule has 110 valence electrons. The molecular formula is C15H19N5O. The molecule has 1 saturated carbocycles. The summed E-state index contributed by atoms with van der Waals surface area (Å²) in [7, 11) is 0. The van der Waals surface area contributed by atoms with Crippen LogP contribution in [-0.4, -0.2) is 32.5 Å². The fourth-order valence-electron chi connectivity index (χ4n) is 2.37. The quantitative estimate of drug-likeness (QED) is 0.878. The van der Waals surface area contributed by atoms with Gasteiger partial charge in [0.15, 0.2) is 5.69 Å². The molecular weight excluding hydrogens is 266 g/mol. The molecule has 1 aliphatic rings. The molecule has 2 heterocycles. The molecule has 0 spiro atoms. The van der Waals surface area contributed by atoms with E-state index >= 15 is 0 Å². The van der Waals surface area contributed by atoms with Gasteiger partial charge in [0, 0.05) is 18.7 Å². The van der Waals surface area contributed by atoms with E-state index in [-0.39, 0.29) is 5.91 Å². The number of pyridine rings is 1. The number of nitrogens with two attached hydrogens (primary N) is 1. The lowest BCUT2D eigenvalue weighted by molar-refractivity contribution is 0.0745. The average molecular weight is 285 g/mol. The maximum atomic E-state index is 12.6. The van der Waals surface area contributed by atoms with Crippen LogP contribution in [0.5, 0.6) is 0 Å². The van der Waals surface area contributed by atoms with E-state index in [0.29, 0.717) is 30.4 Å². The van der Waals surface area contributed by atoms with Crippen molar-refractivity contribution in [1.29, 1.82) is 0 Å². The summed E-state index contributed by atoms with van der Waals surface area (Å²) in [5.74, 6) is 0.300. The van der Waals surface area contributed by atoms with Crippen LogP contribution in [0, 0.1) is 0 Å². The molecule has 1 amide bonds. The van der Waals surface area contributed by atoms with Crippen LogP contribution < -0.4 is 5.73 Å². The molecule has 21 heavy (non-hydrogen) atoms. The summed E-state index contributed by atoms with van der Waals surface area (Å²) in [6, 6.07) is 5.67. The summed E-state index contributed by atoms with van der Waals surface area (Å²) < 4.78 is 0. The van der Waals surface area contributed by atoms with Gasteiger partial charge in [0.1, 0.15) is 0 Å². The van der Waals surface area contributed by atoms with Gasteiger partial charge in [-0.05, 0) is 31.9 Å². The minimum absolute atomic E-state index is 0.149. The zero-order valence-corrected chi connectivity index (χ0v) is 12.0. The summed E-state index contributed by atoms with van der Waals surface area (Å²) in [6.45, 7) is 2.98. The molecule has 0 radical (unpaired) electrons. The molecule has 0 bridgehead atoms. The van der Waals surface area contributed by atoms with Crippen LogP contribution in [0.3, 0.4) is 0 Å². The number of amides is 1. The first-order chi connectivity index (χ1) is 10.2. The number of nitrogen functional groups attached to an aromatic ring is 1. The van der Waals surface area contributed by atoms with Crippen molar-refractivity contribution in [1.82, 2.24) is 20.1 Å². The third-order valence-corrected chi connectivity index (χ3v) is 3.77. The number of H-pyrrole nitrogens is 1. The molecule has 0 atom stereocenters. The number of rotatable bonds is 5. The van der Waals surface area contributed by atoms with Gasteiger partial charge in [0.2, 0.25) is 0 Å². The van der Waals surface area contributed by atoms with Crippen molar-refractivity contribution in [3.05, 3.63) is 41.5 Å². The van der Waals surface area contributed by atoms with Crippen molar-refractivity contribution in [2.45, 2.75) is 32.2 Å². The largest absolute Gasteiger partial charge is 0.395 e. The number of nitrogens with one attached hydrogen (secondary N) is 1. The molecule has 6 heteroatoms. The van der Waals surface area contributed by atoms with Crippen LogP contribution in [0.25, 0.3) is 0 Å². The first kappa shape index (κ1) is 13.6. The molecule has 0 unspecified atom stereocenters. The Labute approximate surface area is 123 Å². The van der Waals surface area contributed by atoms with Crippen molar-refractivity contribution in [3.63, 3.8) is 0 Å². The lowest BCUT2D eigenvalue weighted by Crippen LogP contribution is -2.31. The SMILES string of the molecule is CCN(Cc1ccccn1)C(=O)c1n[nH]c(C2CC2)c1N. The van der Waals surface area contributed by atoms with E-state index in [0.717, 1.165) is 24.2 Å². The maximum absolute atomic E-state index is 12.6. The number of aromatic amines is 1. The summed E-state index contributed by atoms with van der Waals surface area (Å²) in [6.07, 6.45) is 3.96. The van der Waals surface area contributed by atoms with Gasteiger partial charge >= 0.3 is 0 Å². The molecule has 0 saturated heterocycles. The van der Waals surface area contributed by atoms with Crippen LogP contribution in [0.2, 0.25) is 0 Å². The standard InChI is InChI=1S/C15H19N5O/c1-2-20(9-11-5-3-4-8-17-11)15(21)14-12(16)13(18-19-14)10-6-7-10/h3-5,8,10H,2,6-7,9,16H2,1H3,(H,18,19). The first-order valence-corrected chi connectivity index (χ1v) is 7.23. The molecule has 0 aromatic carbocycles. The van der Waals surface area contributed by atoms with Crippen molar-refractivity contribution < 1.29 is 4.79 Å². The topological polar surface area (TPSA) is 87.9 Å². The number of hydrogen-bond donors (Lipinski definition) is 2. The van der Waals surface area contributed by atoms with E-state index in [9.17, 15) is 4.79 Å². The number of carbonyl (C=O) groups excluding carboxylic acids is 1. The Balaban J connectivity index is 1.79. The number of carbonyl (C=O) groups is 1. The minimum Gasteiger partial charge on any atom is -0.395 e. The van der Waals surface area contributed by atoms with E-state index in [1.807, 2.05) is 25.1 Å². The Morgan fingerprint density at radius 3 is 2.90 bits per heavy atom. The average Bonchev–Trinajstić information content (AvgIpc) is 3.28. The second-order valence-electron chi connectivity index (χ2n) is 5.31. The molecule has 2 aromatic heterocycles. The second kappa shape index (κ2) is 5.55. The number of anilines is 1. The highest BCUT2D eigenvalue weighted by atomic mass is 16.2. The summed E-state index contributed by atoms with van der Waals surface area (Å²) in [4.78, 5) is 18.5. The smallest absolute Gasteiger partial charge is 0.276 e. The van der Waals surface area contributed by atoms with Crippen molar-refractivity contribution in [2.75, 3.05) is 12.3 Å². The Morgan fingerprint density at radius 2 is 2.29 bits per heavy atom. The zero-order chi connectivity index (χ0) is 14.8. The van der Waals surface area contributed by atoms with E-state index in [2.05, 4.69) is 15.2 Å². The molecule has 3 rings (SSSR count). The van der Waals surface area contributed by atoms with Gasteiger partial charge in [-0.3, -0.25) is 14.9 Å². The van der Waals surface area contributed by atoms with E-state index in [4.69, 9.17) is 5.73 Å². The summed E-state index contributed by atoms with van der Waals surface area (Å²) >= 11 is 0. The predicted octanol–water partition coefficient (Wildman–Crippen LogP) is 1.93. The first-order valence-electron chi connectivity index (χ1n) is 7.23. The van der Waals surface area contributed by atoms with Gasteiger partial charge < -0.3 is 10.6 Å². The summed E-state index contributed by atoms with van der Waals surface area (Å²) in [5, 5.41) is 7.05. The van der Waals surface area contributed by atoms with Crippen LogP contribution in [0.15, 0.2) is 24.4 Å². The van der Waals surface area contributed by atoms with Gasteiger partial charge in [-0.25, -0.2) is 0 Å². The van der Waals surface area contributed by atoms with Gasteiger partial charge in [-0.2, -0.15) is 5.10 Å². The van der Waals surface area contributed by atoms with Crippen molar-refractivity contribution >= 4 is 11.6 Å². The van der Waals surface area contributed by atoms with Gasteiger partial charge in [0.25, 0.3) is 5.91 Å². The van der Waals surface area contributed by atoms with Gasteiger partial charge in [-0.15, -0.1) is 0 Å². The molecule has 1 aliphatic carbocycles. The van der Waals surface area contributed by atoms with Crippen LogP contribution in [0.1, 0.15) is 47.6 Å². The van der Waals surface area contributed by atoms with Crippen LogP contribution in [-0.2, 0) is 6.54 Å². The highest BCUT2D eigenvalue weighted by Gasteiger charge is 2.31. The van der Waals surface area contributed by atoms with Gasteiger partial charge in [0.05, 0.1) is 23.6 Å². The third-order valence-electron chi connectivity index (χ3n) is 3.77. The molecule has 3 N–H and O–H groups in total. The predicted molar refractivity (Wildman–Crippen MR) is 79.6 cm³/mol. The second-order valence-corrected chi connectivity index (χ2v) is 5.31. The van der Waals surface area contributed by atoms with E-state index in [1.165, 1.54) is 0 Å². The molecule has 2 aromatic rings. The van der Waals surface area contributed by atoms with Crippen molar-refractivity contribution in [3.8, 4) is 0 Å². The van der Waals surface area contributed by atoms with E-state index in [1.54, 1.807) is 11.1 Å². The molecule has 1 fully saturated rings. The molecule has 6 nitrogen and oxygen atoms in total. The molecule has 0 aliphatic heterocycles. The van der Waals surface area contributed by atoms with E-state index < -0.39 is 0 Å². The number of nitrogens with zero attached hydrogens (tertiary/aromatic N) is 3.